The van der Waals surface area contributed by atoms with Crippen LogP contribution in [0.15, 0.2) is 48.5 Å². The molecule has 0 unspecified atom stereocenters. The first-order chi connectivity index (χ1) is 14.9. The van der Waals surface area contributed by atoms with Gasteiger partial charge in [-0.05, 0) is 23.8 Å². The zero-order chi connectivity index (χ0) is 22.0. The molecule has 9 heteroatoms. The molecule has 2 aliphatic heterocycles. The predicted octanol–water partition coefficient (Wildman–Crippen LogP) is 2.05. The van der Waals surface area contributed by atoms with Gasteiger partial charge in [0, 0.05) is 24.6 Å². The Bertz CT molecular complexity index is 1000. The minimum Gasteiger partial charge on any atom is -0.342 e. The van der Waals surface area contributed by atoms with Gasteiger partial charge in [-0.25, -0.2) is 8.78 Å². The number of hydrogen-bond acceptors (Lipinski definition) is 4. The van der Waals surface area contributed by atoms with Gasteiger partial charge in [0.2, 0.25) is 11.8 Å². The molecule has 2 heterocycles. The summed E-state index contributed by atoms with van der Waals surface area (Å²) in [7, 11) is 0. The van der Waals surface area contributed by atoms with E-state index in [1.807, 2.05) is 30.3 Å². The summed E-state index contributed by atoms with van der Waals surface area (Å²) >= 11 is 1.56. The number of carbonyl (C=O) groups is 3. The lowest BCUT2D eigenvalue weighted by molar-refractivity contribution is -0.151. The van der Waals surface area contributed by atoms with Gasteiger partial charge in [0.25, 0.3) is 5.91 Å². The van der Waals surface area contributed by atoms with Gasteiger partial charge in [0.05, 0.1) is 12.1 Å². The second-order valence-corrected chi connectivity index (χ2v) is 8.51. The topological polar surface area (TPSA) is 69.7 Å². The number of halogens is 2. The lowest BCUT2D eigenvalue weighted by Gasteiger charge is -2.45. The van der Waals surface area contributed by atoms with Gasteiger partial charge in [0.1, 0.15) is 23.7 Å². The predicted molar refractivity (Wildman–Crippen MR) is 112 cm³/mol. The summed E-state index contributed by atoms with van der Waals surface area (Å²) in [4.78, 5) is 41.0. The molecule has 0 radical (unpaired) electrons. The van der Waals surface area contributed by atoms with Crippen LogP contribution in [0.2, 0.25) is 0 Å². The number of thioether (sulfide) groups is 1. The van der Waals surface area contributed by atoms with Crippen molar-refractivity contribution in [2.24, 2.45) is 0 Å². The van der Waals surface area contributed by atoms with E-state index >= 15 is 0 Å². The van der Waals surface area contributed by atoms with Crippen LogP contribution in [0.4, 0.5) is 8.78 Å². The highest BCUT2D eigenvalue weighted by Crippen LogP contribution is 2.22. The second kappa shape index (κ2) is 9.05. The van der Waals surface area contributed by atoms with E-state index < -0.39 is 29.6 Å². The molecule has 0 aliphatic carbocycles. The van der Waals surface area contributed by atoms with Gasteiger partial charge < -0.3 is 15.1 Å². The van der Waals surface area contributed by atoms with Crippen LogP contribution in [0, 0.1) is 11.6 Å². The van der Waals surface area contributed by atoms with Crippen LogP contribution in [0.25, 0.3) is 0 Å². The minimum atomic E-state index is -0.836. The highest BCUT2D eigenvalue weighted by molar-refractivity contribution is 7.98. The first-order valence-electron chi connectivity index (χ1n) is 9.91. The van der Waals surface area contributed by atoms with Gasteiger partial charge in [0.15, 0.2) is 0 Å². The summed E-state index contributed by atoms with van der Waals surface area (Å²) in [5.74, 6) is -1.60. The number of rotatable bonds is 5. The van der Waals surface area contributed by atoms with Crippen molar-refractivity contribution in [1.82, 2.24) is 15.1 Å². The molecule has 2 atom stereocenters. The van der Waals surface area contributed by atoms with Crippen molar-refractivity contribution < 1.29 is 23.2 Å². The molecule has 2 saturated heterocycles. The van der Waals surface area contributed by atoms with Crippen molar-refractivity contribution in [2.45, 2.75) is 17.8 Å². The lowest BCUT2D eigenvalue weighted by atomic mass is 10.0. The van der Waals surface area contributed by atoms with E-state index in [1.54, 1.807) is 11.8 Å². The fourth-order valence-electron chi connectivity index (χ4n) is 3.80. The minimum absolute atomic E-state index is 0.0593. The molecule has 4 rings (SSSR count). The van der Waals surface area contributed by atoms with Crippen molar-refractivity contribution in [3.8, 4) is 0 Å². The maximum absolute atomic E-state index is 14.0. The third kappa shape index (κ3) is 4.56. The fourth-order valence-corrected chi connectivity index (χ4v) is 4.81. The molecular weight excluding hydrogens is 424 g/mol. The summed E-state index contributed by atoms with van der Waals surface area (Å²) in [5, 5.41) is 2.75. The Morgan fingerprint density at radius 3 is 2.65 bits per heavy atom. The lowest BCUT2D eigenvalue weighted by Crippen LogP contribution is -2.70. The number of carbonyl (C=O) groups excluding carboxylic acids is 3. The normalized spacial score (nSPS) is 21.0. The SMILES string of the molecule is O=C1N[C@@H](CSCc2ccccc2)C(=O)N2CCN(C(=O)c3cc(F)ccc3F)C[C@H]12. The van der Waals surface area contributed by atoms with Gasteiger partial charge in [-0.1, -0.05) is 30.3 Å². The fraction of sp³-hybridized carbons (Fsp3) is 0.318. The molecule has 0 bridgehead atoms. The molecule has 3 amide bonds. The largest absolute Gasteiger partial charge is 0.342 e. The van der Waals surface area contributed by atoms with Crippen LogP contribution in [-0.4, -0.2) is 65.0 Å². The van der Waals surface area contributed by atoms with Crippen LogP contribution >= 0.6 is 11.8 Å². The van der Waals surface area contributed by atoms with Crippen LogP contribution in [0.3, 0.4) is 0 Å². The number of nitrogens with one attached hydrogen (secondary N) is 1. The van der Waals surface area contributed by atoms with E-state index in [0.29, 0.717) is 5.75 Å². The first-order valence-corrected chi connectivity index (χ1v) is 11.1. The number of piperazine rings is 2. The Morgan fingerprint density at radius 1 is 1.10 bits per heavy atom. The van der Waals surface area contributed by atoms with E-state index in [0.717, 1.165) is 29.5 Å². The molecule has 2 aromatic carbocycles. The summed E-state index contributed by atoms with van der Waals surface area (Å²) in [6.45, 7) is 0.254. The van der Waals surface area contributed by atoms with Crippen LogP contribution in [0.5, 0.6) is 0 Å². The van der Waals surface area contributed by atoms with Crippen LogP contribution in [-0.2, 0) is 15.3 Å². The monoisotopic (exact) mass is 445 g/mol. The van der Waals surface area contributed by atoms with Crippen molar-refractivity contribution >= 4 is 29.5 Å². The Morgan fingerprint density at radius 2 is 1.87 bits per heavy atom. The van der Waals surface area contributed by atoms with E-state index in [-0.39, 0.29) is 37.0 Å². The second-order valence-electron chi connectivity index (χ2n) is 7.48. The molecule has 0 saturated carbocycles. The summed E-state index contributed by atoms with van der Waals surface area (Å²) < 4.78 is 27.4. The van der Waals surface area contributed by atoms with E-state index in [2.05, 4.69) is 5.32 Å². The smallest absolute Gasteiger partial charge is 0.257 e. The average molecular weight is 445 g/mol. The molecule has 31 heavy (non-hydrogen) atoms. The van der Waals surface area contributed by atoms with Crippen molar-refractivity contribution in [1.29, 1.82) is 0 Å². The molecule has 2 aliphatic rings. The van der Waals surface area contributed by atoms with E-state index in [9.17, 15) is 23.2 Å². The highest BCUT2D eigenvalue weighted by Gasteiger charge is 2.44. The molecule has 0 aromatic heterocycles. The third-order valence-electron chi connectivity index (χ3n) is 5.42. The first kappa shape index (κ1) is 21.3. The summed E-state index contributed by atoms with van der Waals surface area (Å²) in [5.41, 5.74) is 0.753. The zero-order valence-corrected chi connectivity index (χ0v) is 17.4. The number of fused-ring (bicyclic) bond motifs is 1. The molecule has 1 N–H and O–H groups in total. The standard InChI is InChI=1S/C22H21F2N3O3S/c23-15-6-7-17(24)16(10-15)21(29)26-8-9-27-19(11-26)20(28)25-18(22(27)30)13-31-12-14-4-2-1-3-5-14/h1-7,10,18-19H,8-9,11-13H2,(H,25,28)/t18-,19+/m0/s1. The average Bonchev–Trinajstić information content (AvgIpc) is 2.78. The summed E-state index contributed by atoms with van der Waals surface area (Å²) in [6, 6.07) is 11.1. The van der Waals surface area contributed by atoms with Gasteiger partial charge >= 0.3 is 0 Å². The molecule has 2 fully saturated rings. The molecular formula is C22H21F2N3O3S. The van der Waals surface area contributed by atoms with E-state index in [4.69, 9.17) is 0 Å². The Balaban J connectivity index is 1.38. The Labute approximate surface area is 182 Å². The number of amides is 3. The zero-order valence-electron chi connectivity index (χ0n) is 16.6. The van der Waals surface area contributed by atoms with Crippen molar-refractivity contribution in [2.75, 3.05) is 25.4 Å². The van der Waals surface area contributed by atoms with Crippen LogP contribution in [0.1, 0.15) is 15.9 Å². The maximum atomic E-state index is 14.0. The number of hydrogen-bond donors (Lipinski definition) is 1. The van der Waals surface area contributed by atoms with Gasteiger partial charge in [-0.15, -0.1) is 0 Å². The van der Waals surface area contributed by atoms with Crippen molar-refractivity contribution in [3.63, 3.8) is 0 Å². The third-order valence-corrected chi connectivity index (χ3v) is 6.53. The van der Waals surface area contributed by atoms with Gasteiger partial charge in [-0.2, -0.15) is 11.8 Å². The number of benzene rings is 2. The summed E-state index contributed by atoms with van der Waals surface area (Å²) in [6.07, 6.45) is 0. The Hall–Kier alpha value is -2.94. The number of nitrogens with zero attached hydrogens (tertiary/aromatic N) is 2. The van der Waals surface area contributed by atoms with Gasteiger partial charge in [-0.3, -0.25) is 14.4 Å². The highest BCUT2D eigenvalue weighted by atomic mass is 32.2. The molecule has 162 valence electrons. The molecule has 0 spiro atoms. The maximum Gasteiger partial charge on any atom is 0.257 e. The van der Waals surface area contributed by atoms with Crippen molar-refractivity contribution in [3.05, 3.63) is 71.3 Å². The Kier molecular flexibility index (Phi) is 6.22. The van der Waals surface area contributed by atoms with Crippen LogP contribution < -0.4 is 5.32 Å². The quantitative estimate of drug-likeness (QED) is 0.765. The van der Waals surface area contributed by atoms with E-state index in [1.165, 1.54) is 9.80 Å². The molecule has 6 nitrogen and oxygen atoms in total. The molecule has 2 aromatic rings.